The molecule has 0 radical (unpaired) electrons. The molecule has 1 aliphatic heterocycles. The molecule has 0 aromatic carbocycles. The molecule has 7 nitrogen and oxygen atoms in total. The zero-order valence-electron chi connectivity index (χ0n) is 15.8. The van der Waals surface area contributed by atoms with Crippen LogP contribution >= 0.6 is 0 Å². The van der Waals surface area contributed by atoms with E-state index in [1.54, 1.807) is 24.7 Å². The van der Waals surface area contributed by atoms with Crippen LogP contribution in [-0.2, 0) is 9.53 Å². The number of aliphatic hydroxyl groups excluding tert-OH is 1. The maximum Gasteiger partial charge on any atom is 0.254 e. The van der Waals surface area contributed by atoms with Gasteiger partial charge in [-0.1, -0.05) is 6.92 Å². The molecule has 0 bridgehead atoms. The smallest absolute Gasteiger partial charge is 0.254 e. The number of hydrogen-bond acceptors (Lipinski definition) is 6. The van der Waals surface area contributed by atoms with Crippen LogP contribution in [0.3, 0.4) is 0 Å². The van der Waals surface area contributed by atoms with E-state index in [1.165, 1.54) is 0 Å². The summed E-state index contributed by atoms with van der Waals surface area (Å²) in [5.74, 6) is 0.317. The summed E-state index contributed by atoms with van der Waals surface area (Å²) in [6.45, 7) is 4.53. The molecule has 2 N–H and O–H groups in total. The van der Waals surface area contributed by atoms with E-state index in [9.17, 15) is 9.90 Å². The van der Waals surface area contributed by atoms with Crippen LogP contribution < -0.4 is 5.32 Å². The Kier molecular flexibility index (Phi) is 5.02. The van der Waals surface area contributed by atoms with Gasteiger partial charge in [0.2, 0.25) is 0 Å². The minimum absolute atomic E-state index is 0.168. The number of carbonyl (C=O) groups excluding carboxylic acids is 1. The lowest BCUT2D eigenvalue weighted by Gasteiger charge is -2.24. The molecule has 1 aliphatic rings. The van der Waals surface area contributed by atoms with Crippen molar-refractivity contribution in [3.8, 4) is 11.3 Å². The Morgan fingerprint density at radius 1 is 1.21 bits per heavy atom. The Bertz CT molecular complexity index is 1030. The van der Waals surface area contributed by atoms with Crippen LogP contribution in [0.15, 0.2) is 36.8 Å². The lowest BCUT2D eigenvalue weighted by atomic mass is 10.0. The van der Waals surface area contributed by atoms with E-state index in [2.05, 4.69) is 20.3 Å². The zero-order chi connectivity index (χ0) is 19.7. The number of aromatic nitrogens is 3. The molecule has 1 amide bonds. The first-order chi connectivity index (χ1) is 13.5. The lowest BCUT2D eigenvalue weighted by molar-refractivity contribution is -0.139. The largest absolute Gasteiger partial charge is 0.387 e. The third kappa shape index (κ3) is 3.58. The van der Waals surface area contributed by atoms with Crippen LogP contribution in [0.25, 0.3) is 22.0 Å². The second-order valence-electron chi connectivity index (χ2n) is 6.97. The summed E-state index contributed by atoms with van der Waals surface area (Å²) in [5.41, 5.74) is 3.37. The molecule has 3 aromatic heterocycles. The van der Waals surface area contributed by atoms with E-state index in [1.807, 2.05) is 26.0 Å². The molecule has 144 valence electrons. The number of carbonyl (C=O) groups is 1. The average molecular weight is 378 g/mol. The van der Waals surface area contributed by atoms with Crippen LogP contribution in [0.4, 0.5) is 5.82 Å². The first kappa shape index (κ1) is 18.5. The van der Waals surface area contributed by atoms with Crippen molar-refractivity contribution < 1.29 is 14.6 Å². The highest BCUT2D eigenvalue weighted by Crippen LogP contribution is 2.27. The summed E-state index contributed by atoms with van der Waals surface area (Å²) in [5, 5.41) is 14.5. The number of fused-ring (bicyclic) bond motifs is 1. The second-order valence-corrected chi connectivity index (χ2v) is 6.97. The first-order valence-electron chi connectivity index (χ1n) is 9.38. The predicted octanol–water partition coefficient (Wildman–Crippen LogP) is 3.17. The zero-order valence-corrected chi connectivity index (χ0v) is 15.8. The lowest BCUT2D eigenvalue weighted by Crippen LogP contribution is -2.39. The number of ether oxygens (including phenoxy) is 1. The maximum absolute atomic E-state index is 12.0. The number of anilines is 1. The van der Waals surface area contributed by atoms with E-state index in [0.717, 1.165) is 34.0 Å². The number of nitrogens with one attached hydrogen (secondary N) is 1. The Labute approximate surface area is 162 Å². The third-order valence-electron chi connectivity index (χ3n) is 4.98. The van der Waals surface area contributed by atoms with Crippen molar-refractivity contribution >= 4 is 22.5 Å². The SMILES string of the molecule is CC[C@@H](O)c1cc(C)c(-c2cc3cnc(NC(=O)[C@@H]4CCO4)cc3cn2)cn1. The molecule has 1 saturated heterocycles. The van der Waals surface area contributed by atoms with Gasteiger partial charge in [-0.15, -0.1) is 0 Å². The number of rotatable bonds is 5. The standard InChI is InChI=1S/C21H22N4O3/c1-3-18(26)17-6-12(2)15(11-23-17)16-7-13-10-24-20(8-14(13)9-22-16)25-21(27)19-4-5-28-19/h6-11,18-19,26H,3-5H2,1-2H3,(H,24,25,27)/t18-,19+/m1/s1. The summed E-state index contributed by atoms with van der Waals surface area (Å²) in [7, 11) is 0. The van der Waals surface area contributed by atoms with Crippen molar-refractivity contribution in [3.05, 3.63) is 48.0 Å². The number of aliphatic hydroxyl groups is 1. The molecule has 0 spiro atoms. The average Bonchev–Trinajstić information content (AvgIpc) is 2.65. The van der Waals surface area contributed by atoms with Crippen molar-refractivity contribution in [3.63, 3.8) is 0 Å². The van der Waals surface area contributed by atoms with E-state index in [-0.39, 0.29) is 12.0 Å². The van der Waals surface area contributed by atoms with Crippen molar-refractivity contribution in [1.82, 2.24) is 15.0 Å². The highest BCUT2D eigenvalue weighted by molar-refractivity contribution is 5.96. The van der Waals surface area contributed by atoms with Gasteiger partial charge in [-0.25, -0.2) is 4.98 Å². The Hall–Kier alpha value is -2.90. The fraction of sp³-hybridized carbons (Fsp3) is 0.333. The normalized spacial score (nSPS) is 17.2. The molecular formula is C21H22N4O3. The minimum Gasteiger partial charge on any atom is -0.387 e. The molecule has 4 rings (SSSR count). The number of aryl methyl sites for hydroxylation is 1. The highest BCUT2D eigenvalue weighted by atomic mass is 16.5. The van der Waals surface area contributed by atoms with Crippen molar-refractivity contribution in [1.29, 1.82) is 0 Å². The molecule has 4 heterocycles. The summed E-state index contributed by atoms with van der Waals surface area (Å²) >= 11 is 0. The number of pyridine rings is 3. The molecule has 0 unspecified atom stereocenters. The number of nitrogens with zero attached hydrogens (tertiary/aromatic N) is 3. The topological polar surface area (TPSA) is 97.2 Å². The van der Waals surface area contributed by atoms with Gasteiger partial charge in [0, 0.05) is 41.3 Å². The van der Waals surface area contributed by atoms with E-state index in [0.29, 0.717) is 24.5 Å². The van der Waals surface area contributed by atoms with Crippen LogP contribution in [0.1, 0.15) is 37.1 Å². The Morgan fingerprint density at radius 2 is 1.96 bits per heavy atom. The van der Waals surface area contributed by atoms with Crippen LogP contribution in [-0.4, -0.2) is 38.7 Å². The van der Waals surface area contributed by atoms with Crippen molar-refractivity contribution in [2.24, 2.45) is 0 Å². The van der Waals surface area contributed by atoms with Gasteiger partial charge in [0.05, 0.1) is 24.1 Å². The monoisotopic (exact) mass is 378 g/mol. The Balaban J connectivity index is 1.59. The molecule has 1 fully saturated rings. The number of amides is 1. The first-order valence-corrected chi connectivity index (χ1v) is 9.38. The summed E-state index contributed by atoms with van der Waals surface area (Å²) < 4.78 is 5.18. The van der Waals surface area contributed by atoms with E-state index in [4.69, 9.17) is 4.74 Å². The van der Waals surface area contributed by atoms with Gasteiger partial charge in [0.15, 0.2) is 0 Å². The number of hydrogen-bond donors (Lipinski definition) is 2. The van der Waals surface area contributed by atoms with Crippen LogP contribution in [0, 0.1) is 6.92 Å². The molecule has 7 heteroatoms. The predicted molar refractivity (Wildman–Crippen MR) is 106 cm³/mol. The van der Waals surface area contributed by atoms with Crippen molar-refractivity contribution in [2.45, 2.75) is 38.9 Å². The second kappa shape index (κ2) is 7.61. The van der Waals surface area contributed by atoms with Crippen molar-refractivity contribution in [2.75, 3.05) is 11.9 Å². The van der Waals surface area contributed by atoms with E-state index < -0.39 is 6.10 Å². The highest BCUT2D eigenvalue weighted by Gasteiger charge is 2.26. The van der Waals surface area contributed by atoms with Gasteiger partial charge in [-0.2, -0.15) is 0 Å². The Morgan fingerprint density at radius 3 is 2.64 bits per heavy atom. The van der Waals surface area contributed by atoms with Gasteiger partial charge in [0.1, 0.15) is 11.9 Å². The molecular weight excluding hydrogens is 356 g/mol. The molecule has 3 aromatic rings. The quantitative estimate of drug-likeness (QED) is 0.708. The van der Waals surface area contributed by atoms with Gasteiger partial charge in [-0.05, 0) is 37.1 Å². The molecule has 2 atom stereocenters. The third-order valence-corrected chi connectivity index (χ3v) is 4.98. The summed E-state index contributed by atoms with van der Waals surface area (Å²) in [6.07, 6.45) is 5.66. The summed E-state index contributed by atoms with van der Waals surface area (Å²) in [6, 6.07) is 5.65. The summed E-state index contributed by atoms with van der Waals surface area (Å²) in [4.78, 5) is 25.2. The minimum atomic E-state index is -0.555. The maximum atomic E-state index is 12.0. The van der Waals surface area contributed by atoms with Crippen LogP contribution in [0.2, 0.25) is 0 Å². The van der Waals surface area contributed by atoms with Crippen LogP contribution in [0.5, 0.6) is 0 Å². The van der Waals surface area contributed by atoms with E-state index >= 15 is 0 Å². The molecule has 0 saturated carbocycles. The van der Waals surface area contributed by atoms with Gasteiger partial charge in [-0.3, -0.25) is 14.8 Å². The molecule has 28 heavy (non-hydrogen) atoms. The fourth-order valence-corrected chi connectivity index (χ4v) is 3.14. The van der Waals surface area contributed by atoms with Gasteiger partial charge in [0.25, 0.3) is 5.91 Å². The fourth-order valence-electron chi connectivity index (χ4n) is 3.14. The van der Waals surface area contributed by atoms with Gasteiger partial charge < -0.3 is 15.2 Å². The van der Waals surface area contributed by atoms with Gasteiger partial charge >= 0.3 is 0 Å². The molecule has 0 aliphatic carbocycles.